The van der Waals surface area contributed by atoms with Crippen LogP contribution < -0.4 is 56.2 Å². The Hall–Kier alpha value is -10.8. The molecule has 0 bridgehead atoms. The van der Waals surface area contributed by atoms with E-state index in [4.69, 9.17) is 60.7 Å². The average Bonchev–Trinajstić information content (AvgIpc) is 0.740. The summed E-state index contributed by atoms with van der Waals surface area (Å²) in [6.45, 7) is 2.13. The van der Waals surface area contributed by atoms with Gasteiger partial charge in [-0.3, -0.25) is 0 Å². The molecule has 18 heteroatoms. The molecule has 0 aromatic heterocycles. The Morgan fingerprint density at radius 2 is 0.469 bits per heavy atom. The third kappa shape index (κ3) is 18.1. The molecular weight excluding hydrogens is 1260 g/mol. The molecule has 480 valence electrons. The molecule has 0 radical (unpaired) electrons. The lowest BCUT2D eigenvalue weighted by Gasteiger charge is -2.43. The van der Waals surface area contributed by atoms with Gasteiger partial charge < -0.3 is 56.2 Å². The van der Waals surface area contributed by atoms with E-state index in [2.05, 4.69) is 0 Å². The topological polar surface area (TPSA) is 130 Å². The molecule has 0 saturated heterocycles. The SMILES string of the molecule is c1ccc(COc2ccc(ON3P(Oc4ccc(OCc5ccccc5)cc4)N=P(Oc4ccc(OCc5ccccc5)cc4)(Oc4ccc(OCc5ccccc5)cc4)N(Oc4ccc(OCc5ccccc5)cc4)P3Oc3ccc(OCc4ccccc4)cc3)cc2)cc1. The summed E-state index contributed by atoms with van der Waals surface area (Å²) >= 11 is 0. The summed E-state index contributed by atoms with van der Waals surface area (Å²) in [6.07, 6.45) is 0. The highest BCUT2D eigenvalue weighted by Crippen LogP contribution is 2.78. The van der Waals surface area contributed by atoms with Crippen LogP contribution in [-0.2, 0) is 39.6 Å². The summed E-state index contributed by atoms with van der Waals surface area (Å²) in [5.41, 5.74) is 6.11. The van der Waals surface area contributed by atoms with E-state index >= 15 is 0 Å². The van der Waals surface area contributed by atoms with Gasteiger partial charge in [0.1, 0.15) is 109 Å². The van der Waals surface area contributed by atoms with Crippen molar-refractivity contribution in [2.75, 3.05) is 0 Å². The van der Waals surface area contributed by atoms with E-state index in [9.17, 15) is 0 Å². The average molecular weight is 1330 g/mol. The van der Waals surface area contributed by atoms with Gasteiger partial charge in [-0.25, -0.2) is 0 Å². The van der Waals surface area contributed by atoms with Crippen LogP contribution in [0, 0.1) is 0 Å². The highest BCUT2D eigenvalue weighted by molar-refractivity contribution is 7.78. The normalized spacial score (nSPS) is 14.2. The molecule has 2 unspecified atom stereocenters. The largest absolute Gasteiger partial charge is 0.489 e. The van der Waals surface area contributed by atoms with Crippen molar-refractivity contribution in [2.24, 2.45) is 4.52 Å². The monoisotopic (exact) mass is 1330 g/mol. The molecule has 12 aromatic rings. The Balaban J connectivity index is 0.936. The van der Waals surface area contributed by atoms with Gasteiger partial charge >= 0.3 is 24.6 Å². The highest BCUT2D eigenvalue weighted by atomic mass is 31.3. The standard InChI is InChI=1S/C78H66N3O12P3/c1-7-19-61(20-8-1)55-82-67-31-43-73(44-32-67)88-80-94(90-75-47-35-69(36-48-75)84-57-63-23-11-3-12-24-63)79-96(92-77-51-39-71(40-52-77)86-59-65-27-15-5-16-28-65,93-78-53-41-72(42-54-78)87-60-66-29-17-6-18-30-66)81(89-74-45-33-68(34-46-74)83-56-62-21-9-2-10-22-62)95(80)91-76-49-37-70(38-50-76)85-58-64-25-13-4-14-26-64/h1-54H,55-60H2. The van der Waals surface area contributed by atoms with Crippen molar-refractivity contribution in [3.05, 3.63) is 361 Å². The Labute approximate surface area is 561 Å². The van der Waals surface area contributed by atoms with Crippen molar-refractivity contribution in [1.82, 2.24) is 9.21 Å². The molecule has 0 spiro atoms. The van der Waals surface area contributed by atoms with Crippen LogP contribution in [0.2, 0.25) is 0 Å². The lowest BCUT2D eigenvalue weighted by Crippen LogP contribution is -2.37. The molecule has 1 aliphatic rings. The van der Waals surface area contributed by atoms with Crippen molar-refractivity contribution < 1.29 is 56.2 Å². The summed E-state index contributed by atoms with van der Waals surface area (Å²) in [5.74, 6) is 5.95. The number of nitrogens with zero attached hydrogens (tertiary/aromatic N) is 3. The van der Waals surface area contributed by atoms with Crippen LogP contribution in [0.15, 0.2) is 332 Å². The van der Waals surface area contributed by atoms with Crippen molar-refractivity contribution >= 4 is 24.6 Å². The molecule has 96 heavy (non-hydrogen) atoms. The van der Waals surface area contributed by atoms with E-state index in [1.54, 1.807) is 41.0 Å². The van der Waals surface area contributed by atoms with Gasteiger partial charge in [-0.15, -0.1) is 4.52 Å². The van der Waals surface area contributed by atoms with Crippen LogP contribution in [0.25, 0.3) is 0 Å². The van der Waals surface area contributed by atoms with E-state index in [0.717, 1.165) is 33.4 Å². The smallest absolute Gasteiger partial charge is 0.447 e. The number of ether oxygens (including phenoxy) is 6. The van der Waals surface area contributed by atoms with Crippen LogP contribution in [-0.4, -0.2) is 9.21 Å². The van der Waals surface area contributed by atoms with E-state index in [1.807, 2.05) is 291 Å². The summed E-state index contributed by atoms with van der Waals surface area (Å²) in [5, 5.41) is 0. The first-order chi connectivity index (χ1) is 47.4. The Bertz CT molecular complexity index is 4260. The molecule has 0 N–H and O–H groups in total. The third-order valence-corrected chi connectivity index (χ3v) is 21.3. The Morgan fingerprint density at radius 1 is 0.240 bits per heavy atom. The van der Waals surface area contributed by atoms with Gasteiger partial charge in [0.2, 0.25) is 0 Å². The minimum Gasteiger partial charge on any atom is -0.489 e. The van der Waals surface area contributed by atoms with Crippen molar-refractivity contribution in [3.63, 3.8) is 0 Å². The molecule has 1 heterocycles. The summed E-state index contributed by atoms with van der Waals surface area (Å²) in [6, 6.07) is 104. The molecular formula is C78H66N3O12P3. The molecule has 2 atom stereocenters. The third-order valence-electron chi connectivity index (χ3n) is 14.5. The van der Waals surface area contributed by atoms with Crippen molar-refractivity contribution in [1.29, 1.82) is 0 Å². The quantitative estimate of drug-likeness (QED) is 0.0396. The first-order valence-electron chi connectivity index (χ1n) is 31.0. The summed E-state index contributed by atoms with van der Waals surface area (Å²) in [4.78, 5) is 14.5. The summed E-state index contributed by atoms with van der Waals surface area (Å²) < 4.78 is 75.9. The Morgan fingerprint density at radius 3 is 0.750 bits per heavy atom. The summed E-state index contributed by atoms with van der Waals surface area (Å²) in [7, 11) is -9.26. The lowest BCUT2D eigenvalue weighted by molar-refractivity contribution is 0.0544. The van der Waals surface area contributed by atoms with Gasteiger partial charge in [0.25, 0.3) is 0 Å². The number of rotatable bonds is 30. The van der Waals surface area contributed by atoms with Gasteiger partial charge in [-0.05, 0) is 179 Å². The predicted molar refractivity (Wildman–Crippen MR) is 374 cm³/mol. The second-order valence-corrected chi connectivity index (χ2v) is 27.1. The maximum Gasteiger partial charge on any atom is 0.447 e. The molecule has 15 nitrogen and oxygen atoms in total. The maximum atomic E-state index is 7.44. The number of benzene rings is 12. The zero-order chi connectivity index (χ0) is 64.8. The van der Waals surface area contributed by atoms with Gasteiger partial charge in [-0.1, -0.05) is 182 Å². The zero-order valence-electron chi connectivity index (χ0n) is 52.0. The van der Waals surface area contributed by atoms with Crippen LogP contribution >= 0.6 is 24.6 Å². The second kappa shape index (κ2) is 32.4. The van der Waals surface area contributed by atoms with Crippen LogP contribution in [0.4, 0.5) is 0 Å². The molecule has 0 amide bonds. The Kier molecular flexibility index (Phi) is 21.6. The van der Waals surface area contributed by atoms with Gasteiger partial charge in [-0.2, -0.15) is 0 Å². The van der Waals surface area contributed by atoms with E-state index in [-0.39, 0.29) is 0 Å². The maximum absolute atomic E-state index is 7.44. The molecule has 13 rings (SSSR count). The fraction of sp³-hybridized carbons (Fsp3) is 0.0769. The van der Waals surface area contributed by atoms with E-state index < -0.39 is 24.6 Å². The molecule has 0 saturated carbocycles. The van der Waals surface area contributed by atoms with Gasteiger partial charge in [0.15, 0.2) is 0 Å². The first kappa shape index (κ1) is 64.0. The highest BCUT2D eigenvalue weighted by Gasteiger charge is 2.58. The fourth-order valence-electron chi connectivity index (χ4n) is 9.47. The second-order valence-electron chi connectivity index (χ2n) is 21.6. The van der Waals surface area contributed by atoms with E-state index in [1.165, 1.54) is 4.60 Å². The molecule has 0 aliphatic carbocycles. The minimum atomic E-state index is -4.27. The van der Waals surface area contributed by atoms with E-state index in [0.29, 0.717) is 109 Å². The van der Waals surface area contributed by atoms with Crippen molar-refractivity contribution in [3.8, 4) is 69.0 Å². The van der Waals surface area contributed by atoms with Crippen LogP contribution in [0.5, 0.6) is 69.0 Å². The molecule has 0 fully saturated rings. The van der Waals surface area contributed by atoms with Gasteiger partial charge in [0.05, 0.1) is 0 Å². The fourth-order valence-corrected chi connectivity index (χ4v) is 17.0. The predicted octanol–water partition coefficient (Wildman–Crippen LogP) is 20.8. The molecule has 12 aromatic carbocycles. The van der Waals surface area contributed by atoms with Crippen molar-refractivity contribution in [2.45, 2.75) is 39.6 Å². The first-order valence-corrected chi connectivity index (χ1v) is 34.9. The van der Waals surface area contributed by atoms with Gasteiger partial charge in [0, 0.05) is 9.21 Å². The lowest BCUT2D eigenvalue weighted by atomic mass is 10.2. The number of hydrogen-bond donors (Lipinski definition) is 0. The zero-order valence-corrected chi connectivity index (χ0v) is 54.7. The van der Waals surface area contributed by atoms with Crippen LogP contribution in [0.3, 0.4) is 0 Å². The van der Waals surface area contributed by atoms with Crippen LogP contribution in [0.1, 0.15) is 33.4 Å². The number of hydrogen-bond acceptors (Lipinski definition) is 15. The molecule has 1 aliphatic heterocycles. The minimum absolute atomic E-state index is 0.349.